The second kappa shape index (κ2) is 6.73. The van der Waals surface area contributed by atoms with Gasteiger partial charge in [-0.1, -0.05) is 30.3 Å². The predicted molar refractivity (Wildman–Crippen MR) is 87.8 cm³/mol. The van der Waals surface area contributed by atoms with Crippen LogP contribution in [0.5, 0.6) is 0 Å². The summed E-state index contributed by atoms with van der Waals surface area (Å²) in [6, 6.07) is 11.8. The zero-order valence-corrected chi connectivity index (χ0v) is 13.3. The van der Waals surface area contributed by atoms with Crippen molar-refractivity contribution >= 4 is 11.9 Å². The quantitative estimate of drug-likeness (QED) is 0.945. The normalized spacial score (nSPS) is 15.6. The molecule has 0 aliphatic carbocycles. The van der Waals surface area contributed by atoms with Crippen LogP contribution >= 0.6 is 0 Å². The summed E-state index contributed by atoms with van der Waals surface area (Å²) in [5.74, 6) is 0.688. The highest BCUT2D eigenvalue weighted by Gasteiger charge is 2.26. The van der Waals surface area contributed by atoms with Gasteiger partial charge >= 0.3 is 6.09 Å². The number of aromatic nitrogens is 2. The molecule has 0 spiro atoms. The van der Waals surface area contributed by atoms with Crippen LogP contribution in [0, 0.1) is 6.92 Å². The maximum absolute atomic E-state index is 12.1. The molecule has 1 amide bonds. The van der Waals surface area contributed by atoms with Crippen LogP contribution in [-0.4, -0.2) is 33.9 Å². The Morgan fingerprint density at radius 3 is 2.61 bits per heavy atom. The summed E-state index contributed by atoms with van der Waals surface area (Å²) in [7, 11) is 0. The average Bonchev–Trinajstić information content (AvgIpc) is 2.92. The Morgan fingerprint density at radius 2 is 2.00 bits per heavy atom. The number of likely N-dealkylation sites (tertiary alicyclic amines) is 1. The fourth-order valence-electron chi connectivity index (χ4n) is 2.93. The molecule has 1 aliphatic heterocycles. The first kappa shape index (κ1) is 15.4. The SMILES string of the molecule is Cc1cc(N)n(C2CCN(C(=O)OCc3ccccc3)CC2)n1. The van der Waals surface area contributed by atoms with Crippen LogP contribution in [0.4, 0.5) is 10.6 Å². The van der Waals surface area contributed by atoms with E-state index in [9.17, 15) is 4.79 Å². The highest BCUT2D eigenvalue weighted by atomic mass is 16.6. The molecule has 6 nitrogen and oxygen atoms in total. The molecule has 2 heterocycles. The number of amides is 1. The first-order valence-corrected chi connectivity index (χ1v) is 7.91. The van der Waals surface area contributed by atoms with Crippen molar-refractivity contribution in [1.29, 1.82) is 0 Å². The van der Waals surface area contributed by atoms with Crippen LogP contribution in [0.3, 0.4) is 0 Å². The molecule has 23 heavy (non-hydrogen) atoms. The summed E-state index contributed by atoms with van der Waals surface area (Å²) in [6.07, 6.45) is 1.43. The molecule has 3 rings (SSSR count). The van der Waals surface area contributed by atoms with Crippen LogP contribution in [0.15, 0.2) is 36.4 Å². The molecule has 2 aromatic rings. The lowest BCUT2D eigenvalue weighted by atomic mass is 10.1. The van der Waals surface area contributed by atoms with Gasteiger partial charge in [0.05, 0.1) is 11.7 Å². The molecule has 1 aliphatic rings. The van der Waals surface area contributed by atoms with Gasteiger partial charge in [-0.2, -0.15) is 5.10 Å². The van der Waals surface area contributed by atoms with Gasteiger partial charge in [0, 0.05) is 19.2 Å². The van der Waals surface area contributed by atoms with Crippen molar-refractivity contribution in [3.8, 4) is 0 Å². The zero-order valence-electron chi connectivity index (χ0n) is 13.3. The predicted octanol–water partition coefficient (Wildman–Crippen LogP) is 2.75. The smallest absolute Gasteiger partial charge is 0.410 e. The molecule has 0 unspecified atom stereocenters. The third kappa shape index (κ3) is 3.64. The lowest BCUT2D eigenvalue weighted by Gasteiger charge is -2.31. The first-order chi connectivity index (χ1) is 11.1. The maximum atomic E-state index is 12.1. The number of hydrogen-bond acceptors (Lipinski definition) is 4. The van der Waals surface area contributed by atoms with Gasteiger partial charge in [0.25, 0.3) is 0 Å². The van der Waals surface area contributed by atoms with E-state index in [2.05, 4.69) is 5.10 Å². The molecular formula is C17H22N4O2. The molecule has 0 saturated carbocycles. The van der Waals surface area contributed by atoms with Gasteiger partial charge in [-0.05, 0) is 25.3 Å². The Hall–Kier alpha value is -2.50. The van der Waals surface area contributed by atoms with Crippen LogP contribution in [0.25, 0.3) is 0 Å². The fraction of sp³-hybridized carbons (Fsp3) is 0.412. The van der Waals surface area contributed by atoms with Gasteiger partial charge in [-0.15, -0.1) is 0 Å². The minimum atomic E-state index is -0.253. The van der Waals surface area contributed by atoms with Crippen LogP contribution in [0.1, 0.15) is 30.1 Å². The number of hydrogen-bond donors (Lipinski definition) is 1. The summed E-state index contributed by atoms with van der Waals surface area (Å²) < 4.78 is 7.25. The number of aryl methyl sites for hydroxylation is 1. The second-order valence-corrected chi connectivity index (χ2v) is 5.91. The second-order valence-electron chi connectivity index (χ2n) is 5.91. The molecule has 1 saturated heterocycles. The number of carbonyl (C=O) groups excluding carboxylic acids is 1. The largest absolute Gasteiger partial charge is 0.445 e. The van der Waals surface area contributed by atoms with E-state index in [0.717, 1.165) is 24.1 Å². The van der Waals surface area contributed by atoms with Crippen molar-refractivity contribution in [3.63, 3.8) is 0 Å². The molecule has 6 heteroatoms. The highest BCUT2D eigenvalue weighted by molar-refractivity contribution is 5.67. The summed E-state index contributed by atoms with van der Waals surface area (Å²) >= 11 is 0. The third-order valence-corrected chi connectivity index (χ3v) is 4.16. The van der Waals surface area contributed by atoms with Crippen molar-refractivity contribution in [2.45, 2.75) is 32.4 Å². The molecule has 0 bridgehead atoms. The third-order valence-electron chi connectivity index (χ3n) is 4.16. The minimum Gasteiger partial charge on any atom is -0.445 e. The molecule has 1 fully saturated rings. The number of benzene rings is 1. The Kier molecular flexibility index (Phi) is 4.50. The Morgan fingerprint density at radius 1 is 1.30 bits per heavy atom. The van der Waals surface area contributed by atoms with E-state index in [4.69, 9.17) is 10.5 Å². The van der Waals surface area contributed by atoms with E-state index < -0.39 is 0 Å². The molecule has 1 aromatic heterocycles. The van der Waals surface area contributed by atoms with Crippen LogP contribution < -0.4 is 5.73 Å². The van der Waals surface area contributed by atoms with E-state index in [0.29, 0.717) is 25.5 Å². The average molecular weight is 314 g/mol. The number of piperidine rings is 1. The number of nitrogen functional groups attached to an aromatic ring is 1. The first-order valence-electron chi connectivity index (χ1n) is 7.91. The number of rotatable bonds is 3. The molecular weight excluding hydrogens is 292 g/mol. The summed E-state index contributed by atoms with van der Waals surface area (Å²) in [5.41, 5.74) is 7.89. The van der Waals surface area contributed by atoms with E-state index in [1.165, 1.54) is 0 Å². The van der Waals surface area contributed by atoms with Crippen molar-refractivity contribution in [2.24, 2.45) is 0 Å². The highest BCUT2D eigenvalue weighted by Crippen LogP contribution is 2.25. The Bertz CT molecular complexity index is 660. The van der Waals surface area contributed by atoms with Crippen LogP contribution in [-0.2, 0) is 11.3 Å². The zero-order chi connectivity index (χ0) is 16.2. The van der Waals surface area contributed by atoms with Gasteiger partial charge < -0.3 is 15.4 Å². The number of ether oxygens (including phenoxy) is 1. The fourth-order valence-corrected chi connectivity index (χ4v) is 2.93. The standard InChI is InChI=1S/C17H22N4O2/c1-13-11-16(18)21(19-13)15-7-9-20(10-8-15)17(22)23-12-14-5-3-2-4-6-14/h2-6,11,15H,7-10,12,18H2,1H3. The molecule has 1 aromatic carbocycles. The number of anilines is 1. The monoisotopic (exact) mass is 314 g/mol. The van der Waals surface area contributed by atoms with Gasteiger partial charge in [0.2, 0.25) is 0 Å². The maximum Gasteiger partial charge on any atom is 0.410 e. The Labute approximate surface area is 135 Å². The number of nitrogens with two attached hydrogens (primary N) is 1. The van der Waals surface area contributed by atoms with Gasteiger partial charge in [0.1, 0.15) is 12.4 Å². The van der Waals surface area contributed by atoms with E-state index in [-0.39, 0.29) is 12.1 Å². The summed E-state index contributed by atoms with van der Waals surface area (Å²) in [5, 5.41) is 4.44. The van der Waals surface area contributed by atoms with Gasteiger partial charge in [-0.3, -0.25) is 0 Å². The molecule has 0 radical (unpaired) electrons. The van der Waals surface area contributed by atoms with E-state index in [1.54, 1.807) is 4.90 Å². The van der Waals surface area contributed by atoms with Gasteiger partial charge in [0.15, 0.2) is 0 Å². The topological polar surface area (TPSA) is 73.4 Å². The minimum absolute atomic E-state index is 0.252. The van der Waals surface area contributed by atoms with Crippen molar-refractivity contribution < 1.29 is 9.53 Å². The lowest BCUT2D eigenvalue weighted by Crippen LogP contribution is -2.39. The number of carbonyl (C=O) groups is 1. The van der Waals surface area contributed by atoms with Crippen molar-refractivity contribution in [3.05, 3.63) is 47.7 Å². The Balaban J connectivity index is 1.50. The molecule has 2 N–H and O–H groups in total. The summed E-state index contributed by atoms with van der Waals surface area (Å²) in [4.78, 5) is 13.9. The summed E-state index contributed by atoms with van der Waals surface area (Å²) in [6.45, 7) is 3.57. The van der Waals surface area contributed by atoms with Crippen LogP contribution in [0.2, 0.25) is 0 Å². The van der Waals surface area contributed by atoms with Crippen molar-refractivity contribution in [1.82, 2.24) is 14.7 Å². The van der Waals surface area contributed by atoms with E-state index in [1.807, 2.05) is 48.0 Å². The lowest BCUT2D eigenvalue weighted by molar-refractivity contribution is 0.0823. The van der Waals surface area contributed by atoms with Gasteiger partial charge in [-0.25, -0.2) is 9.48 Å². The van der Waals surface area contributed by atoms with E-state index >= 15 is 0 Å². The number of nitrogens with zero attached hydrogens (tertiary/aromatic N) is 3. The molecule has 122 valence electrons. The van der Waals surface area contributed by atoms with Crippen molar-refractivity contribution in [2.75, 3.05) is 18.8 Å². The molecule has 0 atom stereocenters.